The standard InChI is InChI=1S/C22H19N5O2/c1-15-18(21(28)25-13-17-6-2-3-9-24-17)11-19-20(26-15)7-10-27(22(19)29)14-16-5-4-8-23-12-16/h2-12H,13-14H2,1H3,(H,25,28). The van der Waals surface area contributed by atoms with Gasteiger partial charge in [-0.1, -0.05) is 12.1 Å². The first-order valence-electron chi connectivity index (χ1n) is 9.19. The Bertz CT molecular complexity index is 1220. The third-order valence-electron chi connectivity index (χ3n) is 4.62. The van der Waals surface area contributed by atoms with Gasteiger partial charge in [0.1, 0.15) is 0 Å². The molecule has 1 amide bonds. The van der Waals surface area contributed by atoms with Crippen LogP contribution in [0, 0.1) is 6.92 Å². The molecule has 4 heterocycles. The number of amides is 1. The highest BCUT2D eigenvalue weighted by atomic mass is 16.1. The maximum Gasteiger partial charge on any atom is 0.260 e. The summed E-state index contributed by atoms with van der Waals surface area (Å²) in [5.41, 5.74) is 2.99. The zero-order chi connectivity index (χ0) is 20.2. The van der Waals surface area contributed by atoms with E-state index in [-0.39, 0.29) is 11.5 Å². The molecule has 0 atom stereocenters. The smallest absolute Gasteiger partial charge is 0.260 e. The van der Waals surface area contributed by atoms with Gasteiger partial charge in [-0.2, -0.15) is 0 Å². The molecule has 0 bridgehead atoms. The molecule has 0 unspecified atom stereocenters. The van der Waals surface area contributed by atoms with Gasteiger partial charge in [0, 0.05) is 24.8 Å². The average molecular weight is 385 g/mol. The molecule has 4 aromatic rings. The molecule has 0 fully saturated rings. The Hall–Kier alpha value is -3.87. The highest BCUT2D eigenvalue weighted by Gasteiger charge is 2.14. The highest BCUT2D eigenvalue weighted by molar-refractivity contribution is 5.98. The van der Waals surface area contributed by atoms with E-state index in [0.29, 0.717) is 35.2 Å². The maximum atomic E-state index is 13.0. The third-order valence-corrected chi connectivity index (χ3v) is 4.62. The first-order valence-corrected chi connectivity index (χ1v) is 9.19. The molecule has 0 saturated heterocycles. The molecule has 7 heteroatoms. The number of aromatic nitrogens is 4. The van der Waals surface area contributed by atoms with E-state index in [2.05, 4.69) is 20.3 Å². The first-order chi connectivity index (χ1) is 14.1. The Morgan fingerprint density at radius 3 is 2.79 bits per heavy atom. The van der Waals surface area contributed by atoms with Crippen LogP contribution in [0.1, 0.15) is 27.3 Å². The second-order valence-electron chi connectivity index (χ2n) is 6.67. The summed E-state index contributed by atoms with van der Waals surface area (Å²) in [6.07, 6.45) is 6.80. The molecule has 0 aromatic carbocycles. The molecule has 0 radical (unpaired) electrons. The zero-order valence-electron chi connectivity index (χ0n) is 15.9. The van der Waals surface area contributed by atoms with Gasteiger partial charge in [-0.15, -0.1) is 0 Å². The lowest BCUT2D eigenvalue weighted by Gasteiger charge is -2.10. The van der Waals surface area contributed by atoms with Gasteiger partial charge < -0.3 is 9.88 Å². The molecular formula is C22H19N5O2. The summed E-state index contributed by atoms with van der Waals surface area (Å²) < 4.78 is 1.59. The van der Waals surface area contributed by atoms with Crippen molar-refractivity contribution in [3.8, 4) is 0 Å². The monoisotopic (exact) mass is 385 g/mol. The SMILES string of the molecule is Cc1nc2ccn(Cc3cccnc3)c(=O)c2cc1C(=O)NCc1ccccn1. The summed E-state index contributed by atoms with van der Waals surface area (Å²) in [4.78, 5) is 38.4. The van der Waals surface area contributed by atoms with Gasteiger partial charge in [0.2, 0.25) is 0 Å². The predicted molar refractivity (Wildman–Crippen MR) is 109 cm³/mol. The minimum absolute atomic E-state index is 0.197. The van der Waals surface area contributed by atoms with Crippen LogP contribution in [0.4, 0.5) is 0 Å². The molecule has 144 valence electrons. The van der Waals surface area contributed by atoms with Crippen molar-refractivity contribution in [3.63, 3.8) is 0 Å². The summed E-state index contributed by atoms with van der Waals surface area (Å²) in [5, 5.41) is 3.24. The number of fused-ring (bicyclic) bond motifs is 1. The van der Waals surface area contributed by atoms with E-state index in [4.69, 9.17) is 0 Å². The minimum Gasteiger partial charge on any atom is -0.346 e. The molecule has 0 spiro atoms. The number of hydrogen-bond acceptors (Lipinski definition) is 5. The number of aryl methyl sites for hydroxylation is 1. The Labute approximate surface area is 167 Å². The number of nitrogens with one attached hydrogen (secondary N) is 1. The summed E-state index contributed by atoms with van der Waals surface area (Å²) in [5.74, 6) is -0.287. The van der Waals surface area contributed by atoms with Crippen molar-refractivity contribution in [2.75, 3.05) is 0 Å². The van der Waals surface area contributed by atoms with E-state index >= 15 is 0 Å². The molecule has 1 N–H and O–H groups in total. The Morgan fingerprint density at radius 1 is 1.14 bits per heavy atom. The van der Waals surface area contributed by atoms with E-state index in [1.54, 1.807) is 48.4 Å². The lowest BCUT2D eigenvalue weighted by Crippen LogP contribution is -2.26. The zero-order valence-corrected chi connectivity index (χ0v) is 15.9. The van der Waals surface area contributed by atoms with Crippen molar-refractivity contribution in [3.05, 3.63) is 100 Å². The van der Waals surface area contributed by atoms with E-state index in [9.17, 15) is 9.59 Å². The van der Waals surface area contributed by atoms with Crippen LogP contribution in [0.25, 0.3) is 10.9 Å². The van der Waals surface area contributed by atoms with Gasteiger partial charge in [-0.25, -0.2) is 0 Å². The lowest BCUT2D eigenvalue weighted by molar-refractivity contribution is 0.0949. The normalized spacial score (nSPS) is 10.8. The lowest BCUT2D eigenvalue weighted by atomic mass is 10.1. The number of hydrogen-bond donors (Lipinski definition) is 1. The quantitative estimate of drug-likeness (QED) is 0.570. The van der Waals surface area contributed by atoms with Gasteiger partial charge in [0.25, 0.3) is 11.5 Å². The van der Waals surface area contributed by atoms with Crippen molar-refractivity contribution in [2.45, 2.75) is 20.0 Å². The topological polar surface area (TPSA) is 89.8 Å². The van der Waals surface area contributed by atoms with Crippen molar-refractivity contribution >= 4 is 16.8 Å². The molecule has 4 aromatic heterocycles. The van der Waals surface area contributed by atoms with Gasteiger partial charge in [0.05, 0.1) is 40.9 Å². The van der Waals surface area contributed by atoms with Gasteiger partial charge in [-0.05, 0) is 42.8 Å². The largest absolute Gasteiger partial charge is 0.346 e. The molecule has 7 nitrogen and oxygen atoms in total. The molecule has 0 aliphatic carbocycles. The van der Waals surface area contributed by atoms with Crippen LogP contribution in [-0.2, 0) is 13.1 Å². The second-order valence-corrected chi connectivity index (χ2v) is 6.67. The Morgan fingerprint density at radius 2 is 2.03 bits per heavy atom. The van der Waals surface area contributed by atoms with Crippen molar-refractivity contribution in [1.29, 1.82) is 0 Å². The fourth-order valence-corrected chi connectivity index (χ4v) is 3.12. The van der Waals surface area contributed by atoms with Crippen LogP contribution in [0.3, 0.4) is 0 Å². The van der Waals surface area contributed by atoms with E-state index < -0.39 is 0 Å². The fraction of sp³-hybridized carbons (Fsp3) is 0.136. The minimum atomic E-state index is -0.287. The number of carbonyl (C=O) groups excluding carboxylic acids is 1. The molecule has 0 saturated carbocycles. The van der Waals surface area contributed by atoms with Crippen molar-refractivity contribution in [2.24, 2.45) is 0 Å². The molecule has 4 rings (SSSR count). The summed E-state index contributed by atoms with van der Waals surface area (Å²) >= 11 is 0. The molecular weight excluding hydrogens is 366 g/mol. The number of rotatable bonds is 5. The highest BCUT2D eigenvalue weighted by Crippen LogP contribution is 2.14. The van der Waals surface area contributed by atoms with E-state index in [0.717, 1.165) is 11.3 Å². The maximum absolute atomic E-state index is 13.0. The fourth-order valence-electron chi connectivity index (χ4n) is 3.12. The predicted octanol–water partition coefficient (Wildman–Crippen LogP) is 2.47. The average Bonchev–Trinajstić information content (AvgIpc) is 2.75. The van der Waals surface area contributed by atoms with E-state index in [1.807, 2.05) is 30.3 Å². The van der Waals surface area contributed by atoms with Crippen LogP contribution >= 0.6 is 0 Å². The van der Waals surface area contributed by atoms with Gasteiger partial charge in [0.15, 0.2) is 0 Å². The molecule has 0 aliphatic heterocycles. The summed E-state index contributed by atoms with van der Waals surface area (Å²) in [6.45, 7) is 2.46. The third kappa shape index (κ3) is 4.03. The molecule has 0 aliphatic rings. The van der Waals surface area contributed by atoms with Crippen LogP contribution < -0.4 is 10.9 Å². The summed E-state index contributed by atoms with van der Waals surface area (Å²) in [6, 6.07) is 12.7. The van der Waals surface area contributed by atoms with Crippen molar-refractivity contribution in [1.82, 2.24) is 24.8 Å². The second kappa shape index (κ2) is 8.02. The van der Waals surface area contributed by atoms with E-state index in [1.165, 1.54) is 0 Å². The summed E-state index contributed by atoms with van der Waals surface area (Å²) in [7, 11) is 0. The van der Waals surface area contributed by atoms with Crippen LogP contribution in [-0.4, -0.2) is 25.4 Å². The van der Waals surface area contributed by atoms with Crippen LogP contribution in [0.5, 0.6) is 0 Å². The molecule has 29 heavy (non-hydrogen) atoms. The Kier molecular flexibility index (Phi) is 5.11. The van der Waals surface area contributed by atoms with Crippen LogP contribution in [0.15, 0.2) is 72.0 Å². The van der Waals surface area contributed by atoms with Gasteiger partial charge in [-0.3, -0.25) is 24.5 Å². The van der Waals surface area contributed by atoms with Crippen LogP contribution in [0.2, 0.25) is 0 Å². The van der Waals surface area contributed by atoms with Crippen molar-refractivity contribution < 1.29 is 4.79 Å². The number of carbonyl (C=O) groups is 1. The number of pyridine rings is 4. The van der Waals surface area contributed by atoms with Gasteiger partial charge >= 0.3 is 0 Å². The first kappa shape index (κ1) is 18.5. The Balaban J connectivity index is 1.64. The number of nitrogens with zero attached hydrogens (tertiary/aromatic N) is 4.